The minimum atomic E-state index is -0.403. The lowest BCUT2D eigenvalue weighted by molar-refractivity contribution is 0.00557. The van der Waals surface area contributed by atoms with Gasteiger partial charge >= 0.3 is 6.09 Å². The molecule has 19 heavy (non-hydrogen) atoms. The van der Waals surface area contributed by atoms with E-state index in [1.165, 1.54) is 0 Å². The smallest absolute Gasteiger partial charge is 0.416 e. The lowest BCUT2D eigenvalue weighted by atomic mass is 9.79. The van der Waals surface area contributed by atoms with Crippen molar-refractivity contribution in [3.05, 3.63) is 18.3 Å². The first-order valence-corrected chi connectivity index (χ1v) is 6.61. The van der Waals surface area contributed by atoms with E-state index in [0.717, 1.165) is 25.7 Å². The van der Waals surface area contributed by atoms with E-state index in [1.807, 2.05) is 0 Å². The normalized spacial score (nSPS) is 30.7. The van der Waals surface area contributed by atoms with Crippen LogP contribution in [0.1, 0.15) is 25.7 Å². The average molecular weight is 263 g/mol. The second kappa shape index (κ2) is 4.77. The Morgan fingerprint density at radius 2 is 2.26 bits per heavy atom. The Bertz CT molecular complexity index is 457. The maximum absolute atomic E-state index is 12.0. The Balaban J connectivity index is 1.74. The average Bonchev–Trinajstić information content (AvgIpc) is 2.77. The summed E-state index contributed by atoms with van der Waals surface area (Å²) in [7, 11) is 0. The van der Waals surface area contributed by atoms with Crippen molar-refractivity contribution in [3.8, 4) is 0 Å². The third-order valence-electron chi connectivity index (χ3n) is 4.08. The molecule has 1 saturated carbocycles. The highest BCUT2D eigenvalue weighted by molar-refractivity contribution is 5.89. The van der Waals surface area contributed by atoms with Crippen LogP contribution in [-0.4, -0.2) is 40.1 Å². The molecule has 2 aliphatic rings. The molecule has 6 heteroatoms. The van der Waals surface area contributed by atoms with Gasteiger partial charge < -0.3 is 9.84 Å². The number of carbonyl (C=O) groups is 1. The molecular weight excluding hydrogens is 246 g/mol. The van der Waals surface area contributed by atoms with Crippen LogP contribution in [0.4, 0.5) is 10.6 Å². The van der Waals surface area contributed by atoms with Crippen molar-refractivity contribution in [2.45, 2.75) is 31.3 Å². The Labute approximate surface area is 111 Å². The van der Waals surface area contributed by atoms with Gasteiger partial charge in [-0.05, 0) is 43.7 Å². The Morgan fingerprint density at radius 1 is 1.47 bits per heavy atom. The van der Waals surface area contributed by atoms with Crippen LogP contribution in [0.3, 0.4) is 0 Å². The van der Waals surface area contributed by atoms with Gasteiger partial charge in [-0.25, -0.2) is 4.79 Å². The Kier molecular flexibility index (Phi) is 3.10. The maximum Gasteiger partial charge on any atom is 0.416 e. The third-order valence-corrected chi connectivity index (χ3v) is 4.08. The summed E-state index contributed by atoms with van der Waals surface area (Å²) in [6.07, 6.45) is 4.65. The van der Waals surface area contributed by atoms with Gasteiger partial charge in [0.15, 0.2) is 5.82 Å². The summed E-state index contributed by atoms with van der Waals surface area (Å²) in [5, 5.41) is 16.9. The number of ether oxygens (including phenoxy) is 1. The molecule has 1 aliphatic heterocycles. The molecule has 0 unspecified atom stereocenters. The second-order valence-electron chi connectivity index (χ2n) is 5.34. The largest absolute Gasteiger partial charge is 0.441 e. The Hall–Kier alpha value is -1.69. The standard InChI is InChI=1S/C13H17N3O3/c17-8-10-3-5-13(6-4-10)9-16(12(18)19-13)11-2-1-7-14-15-11/h1-2,7,10,17H,3-6,8-9H2. The number of rotatable bonds is 2. The summed E-state index contributed by atoms with van der Waals surface area (Å²) in [5.74, 6) is 0.878. The van der Waals surface area contributed by atoms with Gasteiger partial charge in [0.05, 0.1) is 6.54 Å². The van der Waals surface area contributed by atoms with E-state index in [9.17, 15) is 4.79 Å². The van der Waals surface area contributed by atoms with E-state index in [1.54, 1.807) is 23.2 Å². The lowest BCUT2D eigenvalue weighted by Gasteiger charge is -2.34. The highest BCUT2D eigenvalue weighted by Crippen LogP contribution is 2.40. The molecule has 1 aromatic heterocycles. The number of anilines is 1. The topological polar surface area (TPSA) is 75.6 Å². The summed E-state index contributed by atoms with van der Waals surface area (Å²) in [5.41, 5.74) is -0.403. The number of aromatic nitrogens is 2. The molecule has 2 fully saturated rings. The van der Waals surface area contributed by atoms with Crippen molar-refractivity contribution >= 4 is 11.9 Å². The van der Waals surface area contributed by atoms with Crippen LogP contribution in [0, 0.1) is 5.92 Å². The number of nitrogens with zero attached hydrogens (tertiary/aromatic N) is 3. The van der Waals surface area contributed by atoms with Crippen molar-refractivity contribution in [2.24, 2.45) is 5.92 Å². The summed E-state index contributed by atoms with van der Waals surface area (Å²) in [6.45, 7) is 0.751. The van der Waals surface area contributed by atoms with E-state index < -0.39 is 5.60 Å². The number of hydrogen-bond donors (Lipinski definition) is 1. The van der Waals surface area contributed by atoms with Gasteiger partial charge in [0.2, 0.25) is 0 Å². The molecule has 1 N–H and O–H groups in total. The molecular formula is C13H17N3O3. The first kappa shape index (κ1) is 12.3. The molecule has 0 bridgehead atoms. The SMILES string of the molecule is O=C1OC2(CCC(CO)CC2)CN1c1cccnn1. The van der Waals surface area contributed by atoms with Gasteiger partial charge in [-0.1, -0.05) is 0 Å². The van der Waals surface area contributed by atoms with Gasteiger partial charge in [-0.2, -0.15) is 5.10 Å². The highest BCUT2D eigenvalue weighted by atomic mass is 16.6. The molecule has 0 radical (unpaired) electrons. The molecule has 0 aromatic carbocycles. The molecule has 0 atom stereocenters. The molecule has 3 rings (SSSR count). The highest BCUT2D eigenvalue weighted by Gasteiger charge is 2.47. The van der Waals surface area contributed by atoms with E-state index in [2.05, 4.69) is 10.2 Å². The van der Waals surface area contributed by atoms with Crippen LogP contribution in [0.25, 0.3) is 0 Å². The summed E-state index contributed by atoms with van der Waals surface area (Å²) in [4.78, 5) is 13.5. The Morgan fingerprint density at radius 3 is 2.89 bits per heavy atom. The molecule has 1 amide bonds. The molecule has 6 nitrogen and oxygen atoms in total. The molecule has 102 valence electrons. The third kappa shape index (κ3) is 2.28. The quantitative estimate of drug-likeness (QED) is 0.871. The minimum absolute atomic E-state index is 0.220. The number of aliphatic hydroxyl groups is 1. The summed E-state index contributed by atoms with van der Waals surface area (Å²) >= 11 is 0. The van der Waals surface area contributed by atoms with Crippen LogP contribution < -0.4 is 4.90 Å². The summed E-state index contributed by atoms with van der Waals surface area (Å²) in [6, 6.07) is 3.51. The molecule has 1 saturated heterocycles. The van der Waals surface area contributed by atoms with Crippen molar-refractivity contribution in [1.82, 2.24) is 10.2 Å². The number of amides is 1. The molecule has 1 aromatic rings. The van der Waals surface area contributed by atoms with E-state index in [-0.39, 0.29) is 12.7 Å². The minimum Gasteiger partial charge on any atom is -0.441 e. The monoisotopic (exact) mass is 263 g/mol. The van der Waals surface area contributed by atoms with Crippen LogP contribution in [0.15, 0.2) is 18.3 Å². The predicted molar refractivity (Wildman–Crippen MR) is 67.6 cm³/mol. The number of carbonyl (C=O) groups excluding carboxylic acids is 1. The van der Waals surface area contributed by atoms with Gasteiger partial charge in [0.25, 0.3) is 0 Å². The zero-order valence-corrected chi connectivity index (χ0v) is 10.7. The lowest BCUT2D eigenvalue weighted by Crippen LogP contribution is -2.39. The van der Waals surface area contributed by atoms with Crippen molar-refractivity contribution in [3.63, 3.8) is 0 Å². The van der Waals surface area contributed by atoms with Gasteiger partial charge in [-0.3, -0.25) is 4.90 Å². The van der Waals surface area contributed by atoms with E-state index in [4.69, 9.17) is 9.84 Å². The zero-order valence-electron chi connectivity index (χ0n) is 10.7. The number of aliphatic hydroxyl groups excluding tert-OH is 1. The maximum atomic E-state index is 12.0. The van der Waals surface area contributed by atoms with Gasteiger partial charge in [-0.15, -0.1) is 5.10 Å². The van der Waals surface area contributed by atoms with Gasteiger partial charge in [0, 0.05) is 12.8 Å². The predicted octanol–water partition coefficient (Wildman–Crippen LogP) is 1.35. The fraction of sp³-hybridized carbons (Fsp3) is 0.615. The van der Waals surface area contributed by atoms with E-state index >= 15 is 0 Å². The molecule has 1 aliphatic carbocycles. The summed E-state index contributed by atoms with van der Waals surface area (Å²) < 4.78 is 5.59. The van der Waals surface area contributed by atoms with Crippen LogP contribution in [0.2, 0.25) is 0 Å². The van der Waals surface area contributed by atoms with Crippen LogP contribution in [0.5, 0.6) is 0 Å². The fourth-order valence-corrected chi connectivity index (χ4v) is 2.88. The van der Waals surface area contributed by atoms with Crippen LogP contribution >= 0.6 is 0 Å². The fourth-order valence-electron chi connectivity index (χ4n) is 2.88. The first-order valence-electron chi connectivity index (χ1n) is 6.61. The van der Waals surface area contributed by atoms with Crippen molar-refractivity contribution < 1.29 is 14.6 Å². The van der Waals surface area contributed by atoms with Crippen molar-refractivity contribution in [1.29, 1.82) is 0 Å². The molecule has 1 spiro atoms. The van der Waals surface area contributed by atoms with Crippen molar-refractivity contribution in [2.75, 3.05) is 18.1 Å². The van der Waals surface area contributed by atoms with Crippen LogP contribution in [-0.2, 0) is 4.74 Å². The zero-order chi connectivity index (χ0) is 13.3. The van der Waals surface area contributed by atoms with Gasteiger partial charge in [0.1, 0.15) is 5.60 Å². The molecule has 2 heterocycles. The first-order chi connectivity index (χ1) is 9.22. The number of hydrogen-bond acceptors (Lipinski definition) is 5. The second-order valence-corrected chi connectivity index (χ2v) is 5.34. The van der Waals surface area contributed by atoms with E-state index in [0.29, 0.717) is 18.3 Å².